The third-order valence-corrected chi connectivity index (χ3v) is 7.56. The Labute approximate surface area is 246 Å². The smallest absolute Gasteiger partial charge is 0.378 e. The van der Waals surface area contributed by atoms with Gasteiger partial charge in [0.2, 0.25) is 0 Å². The van der Waals surface area contributed by atoms with Crippen LogP contribution in [0.4, 0.5) is 24.7 Å². The molecule has 218 valence electrons. The topological polar surface area (TPSA) is 72.1 Å². The number of imidazole rings is 1. The fraction of sp³-hybridized carbons (Fsp3) is 0.212. The molecule has 1 aliphatic rings. The minimum Gasteiger partial charge on any atom is -0.378 e. The van der Waals surface area contributed by atoms with E-state index in [1.165, 1.54) is 13.0 Å². The SMILES string of the molecule is Cc1c(Cc2c(C=O)nc3c(N=C(c4ccccc4)c4ccccc4)cc(N4CCOCC4)nn23)cccc1C(F)(F)F. The van der Waals surface area contributed by atoms with E-state index in [4.69, 9.17) is 14.8 Å². The molecule has 0 atom stereocenters. The number of alkyl halides is 3. The predicted molar refractivity (Wildman–Crippen MR) is 159 cm³/mol. The molecule has 1 saturated heterocycles. The molecule has 7 nitrogen and oxygen atoms in total. The van der Waals surface area contributed by atoms with Crippen molar-refractivity contribution in [2.24, 2.45) is 4.99 Å². The van der Waals surface area contributed by atoms with Gasteiger partial charge < -0.3 is 9.64 Å². The lowest BCUT2D eigenvalue weighted by molar-refractivity contribution is -0.138. The largest absolute Gasteiger partial charge is 0.416 e. The zero-order valence-corrected chi connectivity index (χ0v) is 23.4. The summed E-state index contributed by atoms with van der Waals surface area (Å²) in [5.74, 6) is 0.604. The van der Waals surface area contributed by atoms with Gasteiger partial charge >= 0.3 is 6.18 Å². The van der Waals surface area contributed by atoms with Gasteiger partial charge in [0.05, 0.1) is 30.2 Å². The first kappa shape index (κ1) is 28.3. The second-order valence-electron chi connectivity index (χ2n) is 10.2. The van der Waals surface area contributed by atoms with Crippen molar-refractivity contribution < 1.29 is 22.7 Å². The van der Waals surface area contributed by atoms with Crippen LogP contribution in [-0.2, 0) is 17.3 Å². The summed E-state index contributed by atoms with van der Waals surface area (Å²) >= 11 is 0. The maximum atomic E-state index is 13.7. The summed E-state index contributed by atoms with van der Waals surface area (Å²) in [6.07, 6.45) is -3.86. The fourth-order valence-electron chi connectivity index (χ4n) is 5.31. The van der Waals surface area contributed by atoms with Gasteiger partial charge in [-0.25, -0.2) is 14.5 Å². The Morgan fingerprint density at radius 2 is 1.60 bits per heavy atom. The number of rotatable bonds is 7. The number of aromatic nitrogens is 3. The first-order valence-electron chi connectivity index (χ1n) is 13.9. The molecule has 6 rings (SSSR count). The molecular weight excluding hydrogens is 555 g/mol. The molecule has 10 heteroatoms. The van der Waals surface area contributed by atoms with E-state index in [1.807, 2.05) is 66.7 Å². The van der Waals surface area contributed by atoms with Crippen LogP contribution in [0, 0.1) is 6.92 Å². The van der Waals surface area contributed by atoms with E-state index in [0.29, 0.717) is 66.7 Å². The Balaban J connectivity index is 1.58. The monoisotopic (exact) mass is 583 g/mol. The molecule has 0 bridgehead atoms. The number of carbonyl (C=O) groups excluding carboxylic acids is 1. The van der Waals surface area contributed by atoms with Crippen molar-refractivity contribution in [1.29, 1.82) is 0 Å². The van der Waals surface area contributed by atoms with Gasteiger partial charge in [-0.3, -0.25) is 4.79 Å². The van der Waals surface area contributed by atoms with Crippen LogP contribution in [0.25, 0.3) is 5.65 Å². The van der Waals surface area contributed by atoms with Gasteiger partial charge in [-0.05, 0) is 24.1 Å². The molecule has 3 aromatic carbocycles. The lowest BCUT2D eigenvalue weighted by Crippen LogP contribution is -2.37. The number of ether oxygens (including phenoxy) is 1. The molecule has 0 N–H and O–H groups in total. The summed E-state index contributed by atoms with van der Waals surface area (Å²) in [5.41, 5.74) is 3.59. The van der Waals surface area contributed by atoms with E-state index in [9.17, 15) is 18.0 Å². The maximum Gasteiger partial charge on any atom is 0.416 e. The molecule has 2 aromatic heterocycles. The number of halogens is 3. The lowest BCUT2D eigenvalue weighted by Gasteiger charge is -2.28. The van der Waals surface area contributed by atoms with Crippen molar-refractivity contribution in [3.05, 3.63) is 124 Å². The zero-order chi connectivity index (χ0) is 30.0. The molecule has 3 heterocycles. The number of carbonyl (C=O) groups is 1. The van der Waals surface area contributed by atoms with Crippen LogP contribution in [0.2, 0.25) is 0 Å². The maximum absolute atomic E-state index is 13.7. The first-order valence-corrected chi connectivity index (χ1v) is 13.9. The Kier molecular flexibility index (Phi) is 7.77. The number of benzene rings is 3. The summed E-state index contributed by atoms with van der Waals surface area (Å²) < 4.78 is 48.2. The van der Waals surface area contributed by atoms with Gasteiger partial charge in [-0.1, -0.05) is 72.8 Å². The molecular formula is C33H28F3N5O2. The van der Waals surface area contributed by atoms with Gasteiger partial charge in [-0.2, -0.15) is 13.2 Å². The van der Waals surface area contributed by atoms with Crippen molar-refractivity contribution in [2.45, 2.75) is 19.5 Å². The van der Waals surface area contributed by atoms with Crippen LogP contribution >= 0.6 is 0 Å². The van der Waals surface area contributed by atoms with Crippen molar-refractivity contribution in [3.63, 3.8) is 0 Å². The standard InChI is InChI=1S/C33H28F3N5O2/c1-22-25(13-8-14-26(22)33(34,35)36)19-29-28(21-42)38-32-27(20-30(39-41(29)32)40-15-17-43-18-16-40)37-31(23-9-4-2-5-10-23)24-11-6-3-7-12-24/h2-14,20-21H,15-19H2,1H3. The number of hydrogen-bond donors (Lipinski definition) is 0. The summed E-state index contributed by atoms with van der Waals surface area (Å²) in [6, 6.07) is 25.4. The van der Waals surface area contributed by atoms with E-state index in [-0.39, 0.29) is 17.7 Å². The number of fused-ring (bicyclic) bond motifs is 1. The van der Waals surface area contributed by atoms with Crippen LogP contribution in [0.3, 0.4) is 0 Å². The molecule has 0 spiro atoms. The number of hydrogen-bond acceptors (Lipinski definition) is 6. The summed E-state index contributed by atoms with van der Waals surface area (Å²) in [5, 5.41) is 4.85. The van der Waals surface area contributed by atoms with E-state index >= 15 is 0 Å². The van der Waals surface area contributed by atoms with Gasteiger partial charge in [0.15, 0.2) is 17.8 Å². The summed E-state index contributed by atoms with van der Waals surface area (Å²) in [6.45, 7) is 3.69. The number of morpholine rings is 1. The average Bonchev–Trinajstić information content (AvgIpc) is 3.39. The molecule has 0 aliphatic carbocycles. The zero-order valence-electron chi connectivity index (χ0n) is 23.4. The highest BCUT2D eigenvalue weighted by Crippen LogP contribution is 2.35. The van der Waals surface area contributed by atoms with Crippen LogP contribution < -0.4 is 4.90 Å². The molecule has 43 heavy (non-hydrogen) atoms. The lowest BCUT2D eigenvalue weighted by atomic mass is 9.98. The quantitative estimate of drug-likeness (QED) is 0.162. The van der Waals surface area contributed by atoms with Crippen molar-refractivity contribution >= 4 is 29.2 Å². The number of anilines is 1. The average molecular weight is 584 g/mol. The Morgan fingerprint density at radius 3 is 2.21 bits per heavy atom. The van der Waals surface area contributed by atoms with E-state index in [2.05, 4.69) is 9.88 Å². The predicted octanol–water partition coefficient (Wildman–Crippen LogP) is 6.47. The molecule has 1 fully saturated rings. The van der Waals surface area contributed by atoms with Gasteiger partial charge in [0, 0.05) is 36.7 Å². The minimum atomic E-state index is -4.50. The van der Waals surface area contributed by atoms with Gasteiger partial charge in [0.1, 0.15) is 11.4 Å². The van der Waals surface area contributed by atoms with Crippen molar-refractivity contribution in [1.82, 2.24) is 14.6 Å². The van der Waals surface area contributed by atoms with Crippen LogP contribution in [-0.4, -0.2) is 52.9 Å². The highest BCUT2D eigenvalue weighted by atomic mass is 19.4. The van der Waals surface area contributed by atoms with E-state index in [0.717, 1.165) is 17.2 Å². The number of aldehydes is 1. The highest BCUT2D eigenvalue weighted by Gasteiger charge is 2.33. The normalized spacial score (nSPS) is 13.7. The Hall–Kier alpha value is -4.83. The third-order valence-electron chi connectivity index (χ3n) is 7.56. The number of aliphatic imine (C=N–C) groups is 1. The minimum absolute atomic E-state index is 0.0257. The van der Waals surface area contributed by atoms with Crippen molar-refractivity contribution in [2.75, 3.05) is 31.2 Å². The van der Waals surface area contributed by atoms with Crippen LogP contribution in [0.5, 0.6) is 0 Å². The first-order chi connectivity index (χ1) is 20.8. The molecule has 0 amide bonds. The second-order valence-corrected chi connectivity index (χ2v) is 10.2. The summed E-state index contributed by atoms with van der Waals surface area (Å²) in [7, 11) is 0. The Bertz CT molecular complexity index is 1750. The fourth-order valence-corrected chi connectivity index (χ4v) is 5.31. The van der Waals surface area contributed by atoms with Crippen molar-refractivity contribution in [3.8, 4) is 0 Å². The molecule has 0 radical (unpaired) electrons. The summed E-state index contributed by atoms with van der Waals surface area (Å²) in [4.78, 5) is 24.1. The number of nitrogens with zero attached hydrogens (tertiary/aromatic N) is 5. The van der Waals surface area contributed by atoms with Crippen LogP contribution in [0.1, 0.15) is 44.0 Å². The van der Waals surface area contributed by atoms with Gasteiger partial charge in [-0.15, -0.1) is 5.10 Å². The van der Waals surface area contributed by atoms with E-state index < -0.39 is 11.7 Å². The van der Waals surface area contributed by atoms with Gasteiger partial charge in [0.25, 0.3) is 0 Å². The highest BCUT2D eigenvalue weighted by molar-refractivity contribution is 6.14. The molecule has 1 aliphatic heterocycles. The second kappa shape index (κ2) is 11.8. The Morgan fingerprint density at radius 1 is 0.953 bits per heavy atom. The molecule has 0 unspecified atom stereocenters. The molecule has 0 saturated carbocycles. The third kappa shape index (κ3) is 5.78. The van der Waals surface area contributed by atoms with Crippen LogP contribution in [0.15, 0.2) is 89.9 Å². The molecule has 5 aromatic rings. The van der Waals surface area contributed by atoms with E-state index in [1.54, 1.807) is 10.6 Å².